The number of anilines is 1. The summed E-state index contributed by atoms with van der Waals surface area (Å²) in [7, 11) is 0. The first-order chi connectivity index (χ1) is 5.72. The van der Waals surface area contributed by atoms with E-state index in [4.69, 9.17) is 11.6 Å². The molecule has 12 heavy (non-hydrogen) atoms. The minimum absolute atomic E-state index is 0.0859. The third-order valence-corrected chi connectivity index (χ3v) is 1.97. The van der Waals surface area contributed by atoms with Gasteiger partial charge < -0.3 is 5.32 Å². The number of benzene rings is 1. The molecule has 1 aromatic carbocycles. The lowest BCUT2D eigenvalue weighted by atomic mass is 10.3. The van der Waals surface area contributed by atoms with Crippen LogP contribution in [0.4, 0.5) is 5.69 Å². The highest BCUT2D eigenvalue weighted by Crippen LogP contribution is 2.14. The smallest absolute Gasteiger partial charge is 0.235 e. The van der Waals surface area contributed by atoms with E-state index in [1.807, 2.05) is 0 Å². The average molecular weight is 250 g/mol. The summed E-state index contributed by atoms with van der Waals surface area (Å²) in [5.74, 6) is -0.0859. The minimum atomic E-state index is -0.0859. The fourth-order valence-corrected chi connectivity index (χ4v) is 1.09. The molecule has 0 heterocycles. The molecule has 1 N–H and O–H groups in total. The van der Waals surface area contributed by atoms with Crippen molar-refractivity contribution in [3.63, 3.8) is 0 Å². The van der Waals surface area contributed by atoms with Crippen molar-refractivity contribution >= 4 is 39.1 Å². The fourth-order valence-electron chi connectivity index (χ4n) is 0.761. The molecule has 0 saturated carbocycles. The number of nitrogens with one attached hydrogen (secondary N) is 1. The van der Waals surface area contributed by atoms with Crippen LogP contribution in [0.5, 0.6) is 0 Å². The molecule has 0 fully saturated rings. The van der Waals surface area contributed by atoms with Crippen LogP contribution in [-0.2, 0) is 4.79 Å². The summed E-state index contributed by atoms with van der Waals surface area (Å²) in [5, 5.41) is 3.57. The molecule has 0 unspecified atom stereocenters. The van der Waals surface area contributed by atoms with Gasteiger partial charge in [-0.15, -0.1) is 0 Å². The topological polar surface area (TPSA) is 29.1 Å². The Morgan fingerprint density at radius 3 is 2.92 bits per heavy atom. The molecule has 0 aromatic heterocycles. The van der Waals surface area contributed by atoms with E-state index in [0.29, 0.717) is 16.0 Å². The van der Waals surface area contributed by atoms with Crippen molar-refractivity contribution in [3.8, 4) is 0 Å². The molecule has 1 amide bonds. The van der Waals surface area contributed by atoms with Gasteiger partial charge in [0.05, 0.1) is 5.33 Å². The van der Waals surface area contributed by atoms with E-state index < -0.39 is 0 Å². The second kappa shape index (κ2) is 4.48. The van der Waals surface area contributed by atoms with Crippen molar-refractivity contribution in [1.82, 2.24) is 0 Å². The molecule has 2 nitrogen and oxygen atoms in total. The summed E-state index contributed by atoms with van der Waals surface area (Å²) in [6.07, 6.45) is 0. The van der Waals surface area contributed by atoms with Gasteiger partial charge in [0.1, 0.15) is 0 Å². The lowest BCUT2D eigenvalue weighted by molar-refractivity contribution is -0.113. The number of alkyl halides is 1. The number of hydrogen-bond acceptors (Lipinski definition) is 1. The summed E-state index contributed by atoms with van der Waals surface area (Å²) < 4.78 is 0. The molecule has 0 aliphatic carbocycles. The van der Waals surface area contributed by atoms with Gasteiger partial charge in [-0.2, -0.15) is 0 Å². The lowest BCUT2D eigenvalue weighted by Crippen LogP contribution is -2.11. The van der Waals surface area contributed by atoms with Crippen LogP contribution in [0, 0.1) is 0 Å². The summed E-state index contributed by atoms with van der Waals surface area (Å²) in [6, 6.07) is 7.02. The van der Waals surface area contributed by atoms with Crippen LogP contribution in [0.1, 0.15) is 0 Å². The quantitative estimate of drug-likeness (QED) is 0.803. The van der Waals surface area contributed by atoms with E-state index in [2.05, 4.69) is 21.2 Å². The highest BCUT2D eigenvalue weighted by molar-refractivity contribution is 9.09. The summed E-state index contributed by atoms with van der Waals surface area (Å²) in [4.78, 5) is 10.9. The molecule has 0 aliphatic rings. The number of carbonyl (C=O) groups is 1. The third-order valence-electron chi connectivity index (χ3n) is 1.23. The lowest BCUT2D eigenvalue weighted by Gasteiger charge is -2.01. The summed E-state index contributed by atoms with van der Waals surface area (Å²) >= 11 is 8.75. The van der Waals surface area contributed by atoms with E-state index in [1.165, 1.54) is 0 Å². The van der Waals surface area contributed by atoms with Crippen LogP contribution in [-0.4, -0.2) is 11.2 Å². The molecule has 1 rings (SSSR count). The van der Waals surface area contributed by atoms with Gasteiger partial charge in [-0.3, -0.25) is 4.79 Å². The first kappa shape index (κ1) is 9.55. The monoisotopic (exact) mass is 249 g/mol. The van der Waals surface area contributed by atoms with Crippen LogP contribution in [0.25, 0.3) is 0 Å². The molecule has 64 valence electrons. The maximum absolute atomic E-state index is 10.9. The van der Waals surface area contributed by atoms with Crippen LogP contribution >= 0.6 is 27.5 Å². The fraction of sp³-hybridized carbons (Fsp3) is 0.125. The second-order valence-electron chi connectivity index (χ2n) is 2.19. The number of halogens is 2. The molecule has 0 saturated heterocycles. The first-order valence-electron chi connectivity index (χ1n) is 3.34. The molecule has 0 spiro atoms. The summed E-state index contributed by atoms with van der Waals surface area (Å²) in [5.41, 5.74) is 0.715. The Balaban J connectivity index is 2.69. The number of rotatable bonds is 2. The van der Waals surface area contributed by atoms with E-state index >= 15 is 0 Å². The SMILES string of the molecule is O=[14C](CBr)Nc1cccc(Cl)c1. The van der Waals surface area contributed by atoms with E-state index in [1.54, 1.807) is 24.3 Å². The van der Waals surface area contributed by atoms with E-state index in [0.717, 1.165) is 0 Å². The van der Waals surface area contributed by atoms with Gasteiger partial charge in [0.2, 0.25) is 5.91 Å². The largest absolute Gasteiger partial charge is 0.325 e. The standard InChI is InChI=1S/C8H7BrClNO/c9-5-8(12)11-7-3-1-2-6(10)4-7/h1-4H,5H2,(H,11,12)/i8+2. The van der Waals surface area contributed by atoms with Gasteiger partial charge >= 0.3 is 0 Å². The zero-order valence-electron chi connectivity index (χ0n) is 6.18. The van der Waals surface area contributed by atoms with Crippen LogP contribution in [0.3, 0.4) is 0 Å². The summed E-state index contributed by atoms with van der Waals surface area (Å²) in [6.45, 7) is 0. The Hall–Kier alpha value is -0.540. The van der Waals surface area contributed by atoms with Crippen molar-refractivity contribution in [2.45, 2.75) is 0 Å². The predicted octanol–water partition coefficient (Wildman–Crippen LogP) is 2.67. The second-order valence-corrected chi connectivity index (χ2v) is 3.19. The molecule has 0 aliphatic heterocycles. The molecule has 0 bridgehead atoms. The average Bonchev–Trinajstić information content (AvgIpc) is 2.04. The van der Waals surface area contributed by atoms with Gasteiger partial charge in [0.25, 0.3) is 0 Å². The van der Waals surface area contributed by atoms with Gasteiger partial charge in [-0.1, -0.05) is 33.6 Å². The maximum Gasteiger partial charge on any atom is 0.235 e. The molecular weight excluding hydrogens is 243 g/mol. The van der Waals surface area contributed by atoms with Crippen molar-refractivity contribution < 1.29 is 4.79 Å². The van der Waals surface area contributed by atoms with Crippen molar-refractivity contribution in [2.24, 2.45) is 0 Å². The number of hydrogen-bond donors (Lipinski definition) is 1. The van der Waals surface area contributed by atoms with E-state index in [9.17, 15) is 4.79 Å². The van der Waals surface area contributed by atoms with Crippen molar-refractivity contribution in [3.05, 3.63) is 29.3 Å². The Kier molecular flexibility index (Phi) is 3.56. The predicted molar refractivity (Wildman–Crippen MR) is 53.9 cm³/mol. The normalized spacial score (nSPS) is 9.50. The van der Waals surface area contributed by atoms with Crippen LogP contribution in [0.2, 0.25) is 5.02 Å². The Labute approximate surface area is 84.0 Å². The highest BCUT2D eigenvalue weighted by atomic mass is 79.9. The zero-order valence-corrected chi connectivity index (χ0v) is 8.52. The Morgan fingerprint density at radius 1 is 1.58 bits per heavy atom. The van der Waals surface area contributed by atoms with Gasteiger partial charge in [-0.05, 0) is 18.2 Å². The molecular formula is C8H7BrClNO. The Bertz CT molecular complexity index is 290. The number of amides is 1. The van der Waals surface area contributed by atoms with Crippen molar-refractivity contribution in [1.29, 1.82) is 0 Å². The minimum Gasteiger partial charge on any atom is -0.325 e. The highest BCUT2D eigenvalue weighted by Gasteiger charge is 1.98. The third kappa shape index (κ3) is 2.83. The van der Waals surface area contributed by atoms with Gasteiger partial charge in [-0.25, -0.2) is 0 Å². The van der Waals surface area contributed by atoms with Gasteiger partial charge in [0.15, 0.2) is 0 Å². The molecule has 0 radical (unpaired) electrons. The first-order valence-corrected chi connectivity index (χ1v) is 4.83. The zero-order chi connectivity index (χ0) is 8.97. The Morgan fingerprint density at radius 2 is 2.33 bits per heavy atom. The molecule has 4 heteroatoms. The van der Waals surface area contributed by atoms with Crippen LogP contribution < -0.4 is 5.32 Å². The number of carbonyl (C=O) groups excluding carboxylic acids is 1. The molecule has 1 aromatic rings. The van der Waals surface area contributed by atoms with E-state index in [-0.39, 0.29) is 5.91 Å². The van der Waals surface area contributed by atoms with Crippen LogP contribution in [0.15, 0.2) is 24.3 Å². The van der Waals surface area contributed by atoms with Gasteiger partial charge in [0, 0.05) is 10.7 Å². The van der Waals surface area contributed by atoms with Crippen molar-refractivity contribution in [2.75, 3.05) is 10.6 Å². The molecule has 0 atom stereocenters. The maximum atomic E-state index is 10.9.